The maximum atomic E-state index is 12.9. The number of rotatable bonds is 7. The van der Waals surface area contributed by atoms with Crippen molar-refractivity contribution in [3.63, 3.8) is 0 Å². The van der Waals surface area contributed by atoms with Gasteiger partial charge in [0.25, 0.3) is 0 Å². The maximum absolute atomic E-state index is 12.9. The SMILES string of the molecule is CC1OC(CCc2oc3ccccc3c2C[C@@H]2CCCN2C(=O)[C@@H](N)C(C)C)O1. The van der Waals surface area contributed by atoms with E-state index in [1.54, 1.807) is 0 Å². The lowest BCUT2D eigenvalue weighted by molar-refractivity contribution is -0.377. The van der Waals surface area contributed by atoms with Gasteiger partial charge in [-0.1, -0.05) is 32.0 Å². The Morgan fingerprint density at radius 3 is 2.76 bits per heavy atom. The van der Waals surface area contributed by atoms with Crippen LogP contribution in [0.1, 0.15) is 51.4 Å². The summed E-state index contributed by atoms with van der Waals surface area (Å²) in [6.45, 7) is 6.69. The summed E-state index contributed by atoms with van der Waals surface area (Å²) in [5.41, 5.74) is 8.28. The van der Waals surface area contributed by atoms with Gasteiger partial charge in [0.2, 0.25) is 5.91 Å². The van der Waals surface area contributed by atoms with Crippen molar-refractivity contribution in [1.82, 2.24) is 4.90 Å². The number of nitrogens with zero attached hydrogens (tertiary/aromatic N) is 1. The second-order valence-corrected chi connectivity index (χ2v) is 8.61. The van der Waals surface area contributed by atoms with Gasteiger partial charge in [0.15, 0.2) is 12.6 Å². The summed E-state index contributed by atoms with van der Waals surface area (Å²) < 4.78 is 17.3. The molecule has 0 aliphatic carbocycles. The Hall–Kier alpha value is -1.89. The van der Waals surface area contributed by atoms with Crippen LogP contribution in [0.25, 0.3) is 11.0 Å². The van der Waals surface area contributed by atoms with Gasteiger partial charge in [0.05, 0.1) is 6.04 Å². The first-order valence-corrected chi connectivity index (χ1v) is 10.8. The number of carbonyl (C=O) groups is 1. The normalized spacial score (nSPS) is 25.6. The number of hydrogen-bond donors (Lipinski definition) is 1. The zero-order valence-corrected chi connectivity index (χ0v) is 17.6. The molecule has 0 spiro atoms. The third-order valence-electron chi connectivity index (χ3n) is 6.18. The lowest BCUT2D eigenvalue weighted by atomic mass is 9.97. The second kappa shape index (κ2) is 8.46. The highest BCUT2D eigenvalue weighted by Gasteiger charge is 2.34. The molecular formula is C23H32N2O4. The van der Waals surface area contributed by atoms with Crippen molar-refractivity contribution in [2.75, 3.05) is 6.54 Å². The second-order valence-electron chi connectivity index (χ2n) is 8.61. The fourth-order valence-corrected chi connectivity index (χ4v) is 4.45. The molecule has 4 rings (SSSR count). The van der Waals surface area contributed by atoms with Crippen LogP contribution < -0.4 is 5.73 Å². The van der Waals surface area contributed by atoms with Crippen LogP contribution in [0.2, 0.25) is 0 Å². The lowest BCUT2D eigenvalue weighted by Crippen LogP contribution is -2.48. The number of fused-ring (bicyclic) bond motifs is 1. The highest BCUT2D eigenvalue weighted by Crippen LogP contribution is 2.32. The summed E-state index contributed by atoms with van der Waals surface area (Å²) >= 11 is 0. The van der Waals surface area contributed by atoms with E-state index < -0.39 is 6.04 Å². The van der Waals surface area contributed by atoms with Crippen LogP contribution in [0, 0.1) is 5.92 Å². The summed E-state index contributed by atoms with van der Waals surface area (Å²) in [6, 6.07) is 7.88. The Kier molecular flexibility index (Phi) is 5.95. The Morgan fingerprint density at radius 2 is 2.03 bits per heavy atom. The predicted molar refractivity (Wildman–Crippen MR) is 111 cm³/mol. The van der Waals surface area contributed by atoms with Crippen LogP contribution in [-0.2, 0) is 27.1 Å². The molecule has 0 bridgehead atoms. The van der Waals surface area contributed by atoms with Gasteiger partial charge in [-0.15, -0.1) is 0 Å². The van der Waals surface area contributed by atoms with Crippen LogP contribution in [0.15, 0.2) is 28.7 Å². The van der Waals surface area contributed by atoms with Gasteiger partial charge in [-0.05, 0) is 38.2 Å². The van der Waals surface area contributed by atoms with Crippen LogP contribution in [-0.4, -0.2) is 42.0 Å². The van der Waals surface area contributed by atoms with E-state index in [1.807, 2.05) is 43.9 Å². The summed E-state index contributed by atoms with van der Waals surface area (Å²) in [5, 5.41) is 1.14. The monoisotopic (exact) mass is 400 g/mol. The minimum Gasteiger partial charge on any atom is -0.461 e. The molecule has 2 saturated heterocycles. The number of nitrogens with two attached hydrogens (primary N) is 1. The Bertz CT molecular complexity index is 856. The van der Waals surface area contributed by atoms with Gasteiger partial charge in [0.1, 0.15) is 11.3 Å². The zero-order valence-electron chi connectivity index (χ0n) is 17.6. The molecule has 2 atom stereocenters. The minimum atomic E-state index is -0.439. The highest BCUT2D eigenvalue weighted by atomic mass is 16.9. The predicted octanol–water partition coefficient (Wildman–Crippen LogP) is 3.60. The molecule has 3 heterocycles. The van der Waals surface area contributed by atoms with Crippen molar-refractivity contribution in [3.8, 4) is 0 Å². The molecule has 1 aromatic heterocycles. The summed E-state index contributed by atoms with van der Waals surface area (Å²) in [6.07, 6.45) is 4.08. The van der Waals surface area contributed by atoms with E-state index in [0.29, 0.717) is 0 Å². The van der Waals surface area contributed by atoms with Gasteiger partial charge >= 0.3 is 0 Å². The number of benzene rings is 1. The number of furan rings is 1. The quantitative estimate of drug-likeness (QED) is 0.768. The third kappa shape index (κ3) is 4.20. The van der Waals surface area contributed by atoms with Crippen molar-refractivity contribution >= 4 is 16.9 Å². The number of amides is 1. The first-order chi connectivity index (χ1) is 13.9. The molecule has 0 radical (unpaired) electrons. The molecular weight excluding hydrogens is 368 g/mol. The summed E-state index contributed by atoms with van der Waals surface area (Å²) in [7, 11) is 0. The van der Waals surface area contributed by atoms with E-state index in [1.165, 1.54) is 5.56 Å². The molecule has 2 fully saturated rings. The zero-order chi connectivity index (χ0) is 20.5. The highest BCUT2D eigenvalue weighted by molar-refractivity contribution is 5.84. The molecule has 6 heteroatoms. The van der Waals surface area contributed by atoms with Crippen molar-refractivity contribution in [2.45, 2.75) is 77.5 Å². The molecule has 1 aromatic carbocycles. The fraction of sp³-hybridized carbons (Fsp3) is 0.609. The van der Waals surface area contributed by atoms with E-state index >= 15 is 0 Å². The molecule has 2 aliphatic rings. The Labute approximate surface area is 172 Å². The average molecular weight is 401 g/mol. The molecule has 0 saturated carbocycles. The van der Waals surface area contributed by atoms with E-state index in [0.717, 1.165) is 55.4 Å². The topological polar surface area (TPSA) is 77.9 Å². The largest absolute Gasteiger partial charge is 0.461 e. The van der Waals surface area contributed by atoms with Gasteiger partial charge < -0.3 is 24.5 Å². The minimum absolute atomic E-state index is 0.0714. The standard InChI is InChI=1S/C23H32N2O4/c1-14(2)22(24)23(26)25-12-6-7-16(25)13-18-17-8-4-5-9-19(17)29-20(18)10-11-21-27-15(3)28-21/h4-5,8-9,14-16,21-22H,6-7,10-13,24H2,1-3H3/t15?,16-,21?,22-/m0/s1. The Balaban J connectivity index is 1.54. The summed E-state index contributed by atoms with van der Waals surface area (Å²) in [5.74, 6) is 1.19. The fourth-order valence-electron chi connectivity index (χ4n) is 4.45. The molecule has 0 unspecified atom stereocenters. The van der Waals surface area contributed by atoms with Gasteiger partial charge in [-0.2, -0.15) is 0 Å². The van der Waals surface area contributed by atoms with Gasteiger partial charge in [0, 0.05) is 36.4 Å². The van der Waals surface area contributed by atoms with Crippen LogP contribution in [0.5, 0.6) is 0 Å². The number of ether oxygens (including phenoxy) is 2. The number of likely N-dealkylation sites (tertiary alicyclic amines) is 1. The molecule has 29 heavy (non-hydrogen) atoms. The number of aryl methyl sites for hydroxylation is 1. The van der Waals surface area contributed by atoms with Crippen molar-refractivity contribution in [3.05, 3.63) is 35.6 Å². The first kappa shape index (κ1) is 20.4. The molecule has 2 N–H and O–H groups in total. The van der Waals surface area contributed by atoms with Crippen LogP contribution in [0.3, 0.4) is 0 Å². The summed E-state index contributed by atoms with van der Waals surface area (Å²) in [4.78, 5) is 14.9. The van der Waals surface area contributed by atoms with Crippen molar-refractivity contribution in [2.24, 2.45) is 11.7 Å². The van der Waals surface area contributed by atoms with E-state index in [4.69, 9.17) is 19.6 Å². The maximum Gasteiger partial charge on any atom is 0.240 e. The number of carbonyl (C=O) groups excluding carboxylic acids is 1. The number of hydrogen-bond acceptors (Lipinski definition) is 5. The average Bonchev–Trinajstić information content (AvgIpc) is 3.28. The van der Waals surface area contributed by atoms with E-state index in [2.05, 4.69) is 6.07 Å². The van der Waals surface area contributed by atoms with E-state index in [-0.39, 0.29) is 30.4 Å². The van der Waals surface area contributed by atoms with Crippen LogP contribution in [0.4, 0.5) is 0 Å². The molecule has 2 aromatic rings. The van der Waals surface area contributed by atoms with E-state index in [9.17, 15) is 4.79 Å². The van der Waals surface area contributed by atoms with Crippen molar-refractivity contribution in [1.29, 1.82) is 0 Å². The lowest BCUT2D eigenvalue weighted by Gasteiger charge is -2.33. The molecule has 158 valence electrons. The third-order valence-corrected chi connectivity index (χ3v) is 6.18. The number of para-hydroxylation sites is 1. The van der Waals surface area contributed by atoms with Gasteiger partial charge in [-0.3, -0.25) is 4.79 Å². The van der Waals surface area contributed by atoms with Gasteiger partial charge in [-0.25, -0.2) is 0 Å². The smallest absolute Gasteiger partial charge is 0.240 e. The molecule has 6 nitrogen and oxygen atoms in total. The van der Waals surface area contributed by atoms with Crippen LogP contribution >= 0.6 is 0 Å². The first-order valence-electron chi connectivity index (χ1n) is 10.8. The molecule has 2 aliphatic heterocycles. The molecule has 1 amide bonds. The Morgan fingerprint density at radius 1 is 1.28 bits per heavy atom. The van der Waals surface area contributed by atoms with Crippen molar-refractivity contribution < 1.29 is 18.7 Å².